The monoisotopic (exact) mass is 174 g/mol. The van der Waals surface area contributed by atoms with Crippen LogP contribution in [0.4, 0.5) is 4.39 Å². The molecule has 66 valence electrons. The maximum absolute atomic E-state index is 12.5. The van der Waals surface area contributed by atoms with Crippen LogP contribution in [-0.4, -0.2) is 0 Å². The fourth-order valence-electron chi connectivity index (χ4n) is 1.07. The highest BCUT2D eigenvalue weighted by molar-refractivity contribution is 5.19. The van der Waals surface area contributed by atoms with Gasteiger partial charge in [-0.3, -0.25) is 0 Å². The van der Waals surface area contributed by atoms with Crippen molar-refractivity contribution in [1.82, 2.24) is 0 Å². The van der Waals surface area contributed by atoms with Gasteiger partial charge in [-0.2, -0.15) is 4.39 Å². The predicted octanol–water partition coefficient (Wildman–Crippen LogP) is 3.11. The number of terminal acetylenes is 1. The van der Waals surface area contributed by atoms with Crippen molar-refractivity contribution in [2.45, 2.75) is 12.8 Å². The van der Waals surface area contributed by atoms with E-state index in [0.717, 1.165) is 6.42 Å². The van der Waals surface area contributed by atoms with Crippen LogP contribution in [0.2, 0.25) is 0 Å². The van der Waals surface area contributed by atoms with Crippen LogP contribution < -0.4 is 0 Å². The highest BCUT2D eigenvalue weighted by Crippen LogP contribution is 2.04. The molecule has 1 aromatic carbocycles. The predicted molar refractivity (Wildman–Crippen MR) is 52.8 cm³/mol. The molecule has 0 aromatic heterocycles. The molecule has 0 aliphatic heterocycles. The van der Waals surface area contributed by atoms with E-state index in [-0.39, 0.29) is 0 Å². The van der Waals surface area contributed by atoms with Gasteiger partial charge in [0.05, 0.1) is 0 Å². The van der Waals surface area contributed by atoms with Gasteiger partial charge in [0.15, 0.2) is 5.83 Å². The Kier molecular flexibility index (Phi) is 3.78. The van der Waals surface area contributed by atoms with Gasteiger partial charge in [-0.05, 0) is 30.4 Å². The van der Waals surface area contributed by atoms with E-state index in [1.54, 1.807) is 0 Å². The molecule has 1 heteroatoms. The highest BCUT2D eigenvalue weighted by Gasteiger charge is 1.90. The first-order chi connectivity index (χ1) is 6.33. The molecule has 0 nitrogen and oxygen atoms in total. The summed E-state index contributed by atoms with van der Waals surface area (Å²) in [5.41, 5.74) is 1.20. The van der Waals surface area contributed by atoms with Crippen LogP contribution >= 0.6 is 0 Å². The zero-order valence-electron chi connectivity index (χ0n) is 7.33. The van der Waals surface area contributed by atoms with E-state index < -0.39 is 5.83 Å². The van der Waals surface area contributed by atoms with Gasteiger partial charge in [-0.1, -0.05) is 30.3 Å². The molecule has 0 aliphatic carbocycles. The number of hydrogen-bond acceptors (Lipinski definition) is 0. The van der Waals surface area contributed by atoms with E-state index in [9.17, 15) is 4.39 Å². The van der Waals surface area contributed by atoms with Crippen molar-refractivity contribution >= 4 is 0 Å². The molecule has 0 radical (unpaired) electrons. The topological polar surface area (TPSA) is 0 Å². The van der Waals surface area contributed by atoms with Crippen molar-refractivity contribution in [3.63, 3.8) is 0 Å². The second kappa shape index (κ2) is 5.16. The van der Waals surface area contributed by atoms with Crippen molar-refractivity contribution in [2.24, 2.45) is 0 Å². The minimum Gasteiger partial charge on any atom is -0.197 e. The molecular weight excluding hydrogens is 163 g/mol. The molecule has 0 atom stereocenters. The first-order valence-corrected chi connectivity index (χ1v) is 4.19. The summed E-state index contributed by atoms with van der Waals surface area (Å²) in [6.45, 7) is 0. The lowest BCUT2D eigenvalue weighted by Crippen LogP contribution is -1.81. The summed E-state index contributed by atoms with van der Waals surface area (Å²) in [6, 6.07) is 9.93. The number of halogens is 1. The van der Waals surface area contributed by atoms with E-state index in [0.29, 0.717) is 6.42 Å². The third-order valence-corrected chi connectivity index (χ3v) is 1.74. The average molecular weight is 174 g/mol. The van der Waals surface area contributed by atoms with Crippen LogP contribution in [0, 0.1) is 12.3 Å². The average Bonchev–Trinajstić information content (AvgIpc) is 2.19. The molecule has 0 heterocycles. The molecule has 0 unspecified atom stereocenters. The van der Waals surface area contributed by atoms with Gasteiger partial charge in [-0.15, -0.1) is 6.42 Å². The summed E-state index contributed by atoms with van der Waals surface area (Å²) < 4.78 is 12.5. The molecule has 0 aliphatic rings. The smallest absolute Gasteiger partial charge is 0.168 e. The van der Waals surface area contributed by atoms with Gasteiger partial charge in [0.1, 0.15) is 0 Å². The molecular formula is C12H11F. The second-order valence-electron chi connectivity index (χ2n) is 2.72. The van der Waals surface area contributed by atoms with Gasteiger partial charge in [0.2, 0.25) is 0 Å². The lowest BCUT2D eigenvalue weighted by molar-refractivity contribution is 0.668. The van der Waals surface area contributed by atoms with E-state index >= 15 is 0 Å². The van der Waals surface area contributed by atoms with Crippen LogP contribution in [-0.2, 0) is 6.42 Å². The van der Waals surface area contributed by atoms with Crippen molar-refractivity contribution in [2.75, 3.05) is 0 Å². The zero-order chi connectivity index (χ0) is 9.52. The highest BCUT2D eigenvalue weighted by atomic mass is 19.1. The molecule has 1 rings (SSSR count). The minimum absolute atomic E-state index is 0.476. The van der Waals surface area contributed by atoms with Crippen LogP contribution in [0.25, 0.3) is 0 Å². The number of benzene rings is 1. The van der Waals surface area contributed by atoms with Gasteiger partial charge in [0, 0.05) is 0 Å². The molecule has 0 saturated carbocycles. The molecule has 1 aromatic rings. The fourth-order valence-corrected chi connectivity index (χ4v) is 1.07. The van der Waals surface area contributed by atoms with Gasteiger partial charge < -0.3 is 0 Å². The van der Waals surface area contributed by atoms with Crippen molar-refractivity contribution in [3.05, 3.63) is 47.8 Å². The van der Waals surface area contributed by atoms with E-state index in [2.05, 4.69) is 0 Å². The Morgan fingerprint density at radius 2 is 2.08 bits per heavy atom. The Balaban J connectivity index is 2.41. The van der Waals surface area contributed by atoms with Crippen LogP contribution in [0.15, 0.2) is 42.2 Å². The molecule has 0 bridgehead atoms. The van der Waals surface area contributed by atoms with Crippen molar-refractivity contribution in [3.8, 4) is 12.3 Å². The van der Waals surface area contributed by atoms with Crippen LogP contribution in [0.5, 0.6) is 0 Å². The lowest BCUT2D eigenvalue weighted by Gasteiger charge is -1.95. The summed E-state index contributed by atoms with van der Waals surface area (Å²) in [7, 11) is 0. The Morgan fingerprint density at radius 3 is 2.69 bits per heavy atom. The third kappa shape index (κ3) is 3.57. The quantitative estimate of drug-likeness (QED) is 0.618. The molecule has 0 amide bonds. The second-order valence-corrected chi connectivity index (χ2v) is 2.72. The SMILES string of the molecule is C#C/C(F)=C\CCc1ccccc1. The molecule has 0 spiro atoms. The first-order valence-electron chi connectivity index (χ1n) is 4.19. The normalized spacial score (nSPS) is 10.9. The Morgan fingerprint density at radius 1 is 1.38 bits per heavy atom. The fraction of sp³-hybridized carbons (Fsp3) is 0.167. The summed E-state index contributed by atoms with van der Waals surface area (Å²) in [5, 5.41) is 0. The van der Waals surface area contributed by atoms with Gasteiger partial charge in [0.25, 0.3) is 0 Å². The Labute approximate surface area is 78.1 Å². The van der Waals surface area contributed by atoms with Crippen molar-refractivity contribution < 1.29 is 4.39 Å². The Bertz CT molecular complexity index is 317. The van der Waals surface area contributed by atoms with Crippen molar-refractivity contribution in [1.29, 1.82) is 0 Å². The Hall–Kier alpha value is -1.55. The molecule has 0 fully saturated rings. The third-order valence-electron chi connectivity index (χ3n) is 1.74. The molecule has 0 N–H and O–H groups in total. The maximum Gasteiger partial charge on any atom is 0.168 e. The molecule has 13 heavy (non-hydrogen) atoms. The minimum atomic E-state index is -0.476. The molecule has 0 saturated heterocycles. The van der Waals surface area contributed by atoms with Crippen LogP contribution in [0.3, 0.4) is 0 Å². The number of allylic oxidation sites excluding steroid dienone is 2. The number of hydrogen-bond donors (Lipinski definition) is 0. The first kappa shape index (κ1) is 9.54. The van der Waals surface area contributed by atoms with Crippen LogP contribution in [0.1, 0.15) is 12.0 Å². The largest absolute Gasteiger partial charge is 0.197 e. The zero-order valence-corrected chi connectivity index (χ0v) is 7.33. The number of rotatable bonds is 3. The summed E-state index contributed by atoms with van der Waals surface area (Å²) in [4.78, 5) is 0. The summed E-state index contributed by atoms with van der Waals surface area (Å²) in [5.74, 6) is 1.47. The van der Waals surface area contributed by atoms with E-state index in [4.69, 9.17) is 6.42 Å². The summed E-state index contributed by atoms with van der Waals surface area (Å²) in [6.07, 6.45) is 7.78. The van der Waals surface area contributed by atoms with E-state index in [1.807, 2.05) is 36.3 Å². The summed E-state index contributed by atoms with van der Waals surface area (Å²) >= 11 is 0. The lowest BCUT2D eigenvalue weighted by atomic mass is 10.1. The number of aryl methyl sites for hydroxylation is 1. The van der Waals surface area contributed by atoms with E-state index in [1.165, 1.54) is 11.6 Å². The maximum atomic E-state index is 12.5. The van der Waals surface area contributed by atoms with Gasteiger partial charge in [-0.25, -0.2) is 0 Å². The standard InChI is InChI=1S/C12H11F/c1-2-12(13)10-6-9-11-7-4-3-5-8-11/h1,3-5,7-8,10H,6,9H2/b12-10+. The van der Waals surface area contributed by atoms with Gasteiger partial charge >= 0.3 is 0 Å².